The van der Waals surface area contributed by atoms with Gasteiger partial charge in [0.15, 0.2) is 0 Å². The fourth-order valence-corrected chi connectivity index (χ4v) is 16.5. The van der Waals surface area contributed by atoms with Gasteiger partial charge in [-0.25, -0.2) is 0 Å². The molecule has 0 unspecified atom stereocenters. The number of hydrogen-bond donors (Lipinski definition) is 0. The second-order valence-electron chi connectivity index (χ2n) is 24.7. The first-order valence-electron chi connectivity index (χ1n) is 31.8. The zero-order chi connectivity index (χ0) is 60.2. The van der Waals surface area contributed by atoms with E-state index in [2.05, 4.69) is 357 Å². The molecule has 5 nitrogen and oxygen atoms in total. The molecule has 0 bridgehead atoms. The lowest BCUT2D eigenvalue weighted by Gasteiger charge is -2.40. The Hall–Kier alpha value is -12.2. The maximum atomic E-state index is 2.55. The minimum atomic E-state index is -0.778. The highest BCUT2D eigenvalue weighted by Gasteiger charge is 2.51. The quantitative estimate of drug-likeness (QED) is 0.151. The zero-order valence-corrected chi connectivity index (χ0v) is 50.0. The molecule has 1 aliphatic carbocycles. The number of para-hydroxylation sites is 7. The van der Waals surface area contributed by atoms with Crippen LogP contribution in [-0.4, -0.2) is 13.7 Å². The number of aromatic nitrogens is 3. The summed E-state index contributed by atoms with van der Waals surface area (Å²) in [6, 6.07) is 124. The van der Waals surface area contributed by atoms with Crippen molar-refractivity contribution in [1.82, 2.24) is 13.7 Å². The molecule has 0 amide bonds. The fourth-order valence-electron chi connectivity index (χ4n) is 16.5. The van der Waals surface area contributed by atoms with Crippen LogP contribution in [0.4, 0.5) is 34.1 Å². The second kappa shape index (κ2) is 19.4. The van der Waals surface area contributed by atoms with E-state index >= 15 is 0 Å². The Labute approximate surface area is 531 Å². The van der Waals surface area contributed by atoms with Crippen LogP contribution in [0.15, 0.2) is 334 Å². The first-order chi connectivity index (χ1) is 45.7. The fraction of sp³-hybridized carbons (Fsp3) is 0.0115. The van der Waals surface area contributed by atoms with Crippen LogP contribution < -0.4 is 9.80 Å². The van der Waals surface area contributed by atoms with Crippen LogP contribution in [0.25, 0.3) is 115 Å². The molecule has 1 spiro atoms. The Kier molecular flexibility index (Phi) is 10.7. The topological polar surface area (TPSA) is 21.3 Å². The summed E-state index contributed by atoms with van der Waals surface area (Å²) in [5.41, 5.74) is 23.8. The highest BCUT2D eigenvalue weighted by atomic mass is 15.2. The molecule has 2 aliphatic rings. The molecular formula is C87H55N5. The van der Waals surface area contributed by atoms with Gasteiger partial charge in [-0.15, -0.1) is 0 Å². The predicted molar refractivity (Wildman–Crippen MR) is 385 cm³/mol. The highest BCUT2D eigenvalue weighted by Crippen LogP contribution is 2.63. The molecule has 15 aromatic carbocycles. The van der Waals surface area contributed by atoms with Gasteiger partial charge in [-0.05, 0) is 188 Å². The third kappa shape index (κ3) is 7.02. The van der Waals surface area contributed by atoms with E-state index in [-0.39, 0.29) is 0 Å². The van der Waals surface area contributed by atoms with Crippen molar-refractivity contribution < 1.29 is 0 Å². The lowest BCUT2D eigenvalue weighted by Crippen LogP contribution is -2.33. The largest absolute Gasteiger partial charge is 0.310 e. The summed E-state index contributed by atoms with van der Waals surface area (Å²) < 4.78 is 7.42. The van der Waals surface area contributed by atoms with Crippen molar-refractivity contribution in [2.75, 3.05) is 9.80 Å². The lowest BCUT2D eigenvalue weighted by atomic mass is 9.65. The van der Waals surface area contributed by atoms with E-state index in [9.17, 15) is 0 Å². The number of hydrogen-bond acceptors (Lipinski definition) is 2. The van der Waals surface area contributed by atoms with E-state index < -0.39 is 5.41 Å². The van der Waals surface area contributed by atoms with Crippen molar-refractivity contribution >= 4 is 121 Å². The summed E-state index contributed by atoms with van der Waals surface area (Å²) in [6.45, 7) is 0. The van der Waals surface area contributed by atoms with E-state index in [1.165, 1.54) is 115 Å². The molecule has 1 aliphatic heterocycles. The van der Waals surface area contributed by atoms with E-state index in [0.29, 0.717) is 0 Å². The van der Waals surface area contributed by atoms with Gasteiger partial charge < -0.3 is 23.5 Å². The molecule has 0 atom stereocenters. The Morgan fingerprint density at radius 3 is 1.17 bits per heavy atom. The first kappa shape index (κ1) is 50.8. The molecule has 5 heteroatoms. The summed E-state index contributed by atoms with van der Waals surface area (Å²) in [5, 5.41) is 12.3. The van der Waals surface area contributed by atoms with Gasteiger partial charge >= 0.3 is 0 Å². The van der Waals surface area contributed by atoms with Crippen LogP contribution in [0.5, 0.6) is 0 Å². The van der Waals surface area contributed by atoms with E-state index in [0.717, 1.165) is 56.5 Å². The molecule has 4 heterocycles. The highest BCUT2D eigenvalue weighted by molar-refractivity contribution is 6.23. The van der Waals surface area contributed by atoms with Gasteiger partial charge in [0.2, 0.25) is 0 Å². The van der Waals surface area contributed by atoms with Crippen LogP contribution in [0, 0.1) is 0 Å². The van der Waals surface area contributed by atoms with Crippen molar-refractivity contribution in [3.05, 3.63) is 356 Å². The Morgan fingerprint density at radius 2 is 0.630 bits per heavy atom. The molecule has 0 saturated heterocycles. The van der Waals surface area contributed by atoms with Crippen LogP contribution >= 0.6 is 0 Å². The van der Waals surface area contributed by atoms with Gasteiger partial charge in [0, 0.05) is 77.8 Å². The van der Waals surface area contributed by atoms with Gasteiger partial charge in [-0.2, -0.15) is 0 Å². The van der Waals surface area contributed by atoms with Crippen LogP contribution in [0.3, 0.4) is 0 Å². The molecule has 428 valence electrons. The molecule has 20 rings (SSSR count). The number of fused-ring (bicyclic) bond motifs is 22. The summed E-state index contributed by atoms with van der Waals surface area (Å²) in [6.07, 6.45) is 0. The molecular weight excluding hydrogens is 1110 g/mol. The summed E-state index contributed by atoms with van der Waals surface area (Å²) in [4.78, 5) is 4.96. The van der Waals surface area contributed by atoms with Crippen LogP contribution in [-0.2, 0) is 5.41 Å². The minimum Gasteiger partial charge on any atom is -0.310 e. The maximum absolute atomic E-state index is 2.55. The van der Waals surface area contributed by atoms with Crippen molar-refractivity contribution in [2.45, 2.75) is 5.41 Å². The van der Waals surface area contributed by atoms with Gasteiger partial charge in [-0.1, -0.05) is 200 Å². The first-order valence-corrected chi connectivity index (χ1v) is 31.8. The summed E-state index contributed by atoms with van der Waals surface area (Å²) in [7, 11) is 0. The lowest BCUT2D eigenvalue weighted by molar-refractivity contribution is 0.748. The average Bonchev–Trinajstić information content (AvgIpc) is 1.48. The number of anilines is 6. The SMILES string of the molecule is c1ccc(N(c2ccc3c(c2)C2(c4cc(N(c5ccccc5)c5ccc6c(c5)c5c7ccccc7ccc5n6-c5ccccc5)ccc4-3)c3ccccc3-n3c4ccccc4c4cccc2c43)c2ccc3c(c2)c2c4ccccc4ccc2n3-c2ccccc2)cc1. The molecule has 18 aromatic rings. The maximum Gasteiger partial charge on any atom is 0.0756 e. The Bertz CT molecular complexity index is 5790. The molecule has 0 fully saturated rings. The number of rotatable bonds is 8. The molecule has 92 heavy (non-hydrogen) atoms. The second-order valence-corrected chi connectivity index (χ2v) is 24.7. The van der Waals surface area contributed by atoms with Crippen molar-refractivity contribution in [3.63, 3.8) is 0 Å². The Balaban J connectivity index is 0.849. The molecule has 0 radical (unpaired) electrons. The summed E-state index contributed by atoms with van der Waals surface area (Å²) >= 11 is 0. The standard InChI is InChI=1S/C87H55N5/c1-5-24-58(25-6-1)88(62-44-50-79-72(52-62)84-66-32-15-13-22-56(66)40-48-82(84)90(79)60-28-9-3-10-29-60)64-42-46-68-69-47-43-65(55-77(69)87(76(68)54-64)74-36-18-20-39-81(74)92-78-38-19-17-34-70(78)71-35-21-37-75(87)86(71)92)89(59-26-7-2-8-27-59)63-45-51-80-73(53-63)85-67-33-16-14-23-57(67)41-49-83(85)91(80)61-30-11-4-12-31-61/h1-55H. The Morgan fingerprint density at radius 1 is 0.228 bits per heavy atom. The third-order valence-corrected chi connectivity index (χ3v) is 20.1. The van der Waals surface area contributed by atoms with Gasteiger partial charge in [0.25, 0.3) is 0 Å². The third-order valence-electron chi connectivity index (χ3n) is 20.1. The normalized spacial score (nSPS) is 12.9. The van der Waals surface area contributed by atoms with Crippen LogP contribution in [0.1, 0.15) is 22.3 Å². The molecule has 0 N–H and O–H groups in total. The van der Waals surface area contributed by atoms with Crippen molar-refractivity contribution in [2.24, 2.45) is 0 Å². The molecule has 0 saturated carbocycles. The van der Waals surface area contributed by atoms with Gasteiger partial charge in [0.05, 0.1) is 44.2 Å². The molecule has 3 aromatic heterocycles. The average molecular weight is 1170 g/mol. The van der Waals surface area contributed by atoms with Gasteiger partial charge in [-0.3, -0.25) is 0 Å². The number of nitrogens with zero attached hydrogens (tertiary/aromatic N) is 5. The monoisotopic (exact) mass is 1170 g/mol. The van der Waals surface area contributed by atoms with E-state index in [1.807, 2.05) is 0 Å². The zero-order valence-electron chi connectivity index (χ0n) is 50.0. The smallest absolute Gasteiger partial charge is 0.0756 e. The van der Waals surface area contributed by atoms with E-state index in [1.54, 1.807) is 0 Å². The van der Waals surface area contributed by atoms with Crippen molar-refractivity contribution in [1.29, 1.82) is 0 Å². The van der Waals surface area contributed by atoms with Gasteiger partial charge in [0.1, 0.15) is 0 Å². The minimum absolute atomic E-state index is 0.778. The van der Waals surface area contributed by atoms with Crippen LogP contribution in [0.2, 0.25) is 0 Å². The summed E-state index contributed by atoms with van der Waals surface area (Å²) in [5.74, 6) is 0. The van der Waals surface area contributed by atoms with E-state index in [4.69, 9.17) is 0 Å². The van der Waals surface area contributed by atoms with Crippen molar-refractivity contribution in [3.8, 4) is 28.2 Å². The predicted octanol–water partition coefficient (Wildman–Crippen LogP) is 22.9. The number of benzene rings is 15.